The standard InChI is InChI=1S/C11H26N2O4Si/c1-18(2,3)5-4-16-11-9(13)10(15)8(12)7(6-14)17-11/h7-11,14-15H,4-6,12-13H2,1-3H3/t7?,8-,9?,10+,11-/m1/s1. The highest BCUT2D eigenvalue weighted by Gasteiger charge is 2.41. The number of aliphatic hydroxyl groups is 2. The first kappa shape index (κ1) is 16.0. The highest BCUT2D eigenvalue weighted by atomic mass is 28.3. The van der Waals surface area contributed by atoms with Crippen molar-refractivity contribution in [3.63, 3.8) is 0 Å². The van der Waals surface area contributed by atoms with Crippen LogP contribution >= 0.6 is 0 Å². The third-order valence-electron chi connectivity index (χ3n) is 3.16. The average molecular weight is 278 g/mol. The number of rotatable bonds is 5. The molecule has 1 aliphatic heterocycles. The van der Waals surface area contributed by atoms with Gasteiger partial charge in [0.25, 0.3) is 0 Å². The third kappa shape index (κ3) is 4.27. The summed E-state index contributed by atoms with van der Waals surface area (Å²) in [5, 5.41) is 19.0. The molecule has 0 bridgehead atoms. The molecule has 1 rings (SSSR count). The summed E-state index contributed by atoms with van der Waals surface area (Å²) in [6.45, 7) is 7.05. The van der Waals surface area contributed by atoms with Crippen LogP contribution in [0.25, 0.3) is 0 Å². The molecule has 1 heterocycles. The van der Waals surface area contributed by atoms with Gasteiger partial charge in [0.15, 0.2) is 6.29 Å². The molecule has 0 aliphatic carbocycles. The smallest absolute Gasteiger partial charge is 0.175 e. The fourth-order valence-electron chi connectivity index (χ4n) is 1.79. The molecule has 6 N–H and O–H groups in total. The van der Waals surface area contributed by atoms with Crippen LogP contribution < -0.4 is 11.5 Å². The third-order valence-corrected chi connectivity index (χ3v) is 4.86. The van der Waals surface area contributed by atoms with Gasteiger partial charge < -0.3 is 31.2 Å². The van der Waals surface area contributed by atoms with Crippen LogP contribution in [-0.2, 0) is 9.47 Å². The molecule has 7 heteroatoms. The molecule has 0 radical (unpaired) electrons. The van der Waals surface area contributed by atoms with Crippen molar-refractivity contribution in [2.24, 2.45) is 11.5 Å². The molecule has 0 aromatic heterocycles. The maximum absolute atomic E-state index is 9.86. The number of hydrogen-bond donors (Lipinski definition) is 4. The molecule has 2 unspecified atom stereocenters. The second-order valence-electron chi connectivity index (χ2n) is 6.05. The molecule has 0 aromatic rings. The van der Waals surface area contributed by atoms with Crippen molar-refractivity contribution in [3.8, 4) is 0 Å². The first-order valence-electron chi connectivity index (χ1n) is 6.33. The normalized spacial score (nSPS) is 37.8. The van der Waals surface area contributed by atoms with Crippen molar-refractivity contribution < 1.29 is 19.7 Å². The monoisotopic (exact) mass is 278 g/mol. The van der Waals surface area contributed by atoms with Crippen LogP contribution in [0.4, 0.5) is 0 Å². The lowest BCUT2D eigenvalue weighted by Gasteiger charge is -2.41. The van der Waals surface area contributed by atoms with Gasteiger partial charge in [-0.1, -0.05) is 19.6 Å². The van der Waals surface area contributed by atoms with Gasteiger partial charge >= 0.3 is 0 Å². The maximum atomic E-state index is 9.86. The molecular weight excluding hydrogens is 252 g/mol. The van der Waals surface area contributed by atoms with E-state index >= 15 is 0 Å². The lowest BCUT2D eigenvalue weighted by atomic mass is 9.96. The summed E-state index contributed by atoms with van der Waals surface area (Å²) in [5.41, 5.74) is 11.5. The predicted molar refractivity (Wildman–Crippen MR) is 71.8 cm³/mol. The zero-order valence-electron chi connectivity index (χ0n) is 11.4. The van der Waals surface area contributed by atoms with Gasteiger partial charge in [-0.3, -0.25) is 0 Å². The minimum absolute atomic E-state index is 0.251. The highest BCUT2D eigenvalue weighted by molar-refractivity contribution is 6.76. The Labute approximate surface area is 109 Å². The van der Waals surface area contributed by atoms with Crippen LogP contribution in [0.1, 0.15) is 0 Å². The summed E-state index contributed by atoms with van der Waals surface area (Å²) in [7, 11) is -1.18. The van der Waals surface area contributed by atoms with Crippen LogP contribution in [0.2, 0.25) is 25.7 Å². The lowest BCUT2D eigenvalue weighted by Crippen LogP contribution is -2.65. The summed E-state index contributed by atoms with van der Waals surface area (Å²) in [6, 6.07) is -0.364. The molecule has 6 nitrogen and oxygen atoms in total. The van der Waals surface area contributed by atoms with E-state index in [2.05, 4.69) is 19.6 Å². The molecule has 1 fully saturated rings. The molecule has 0 spiro atoms. The van der Waals surface area contributed by atoms with Gasteiger partial charge in [-0.2, -0.15) is 0 Å². The summed E-state index contributed by atoms with van der Waals surface area (Å²) >= 11 is 0. The molecule has 0 amide bonds. The Morgan fingerprint density at radius 3 is 2.33 bits per heavy atom. The summed E-state index contributed by atoms with van der Waals surface area (Å²) < 4.78 is 11.1. The van der Waals surface area contributed by atoms with Crippen LogP contribution in [0, 0.1) is 0 Å². The number of hydrogen-bond acceptors (Lipinski definition) is 6. The molecule has 0 saturated carbocycles. The van der Waals surface area contributed by atoms with Crippen molar-refractivity contribution >= 4 is 8.07 Å². The second-order valence-corrected chi connectivity index (χ2v) is 11.7. The van der Waals surface area contributed by atoms with E-state index in [4.69, 9.17) is 26.0 Å². The van der Waals surface area contributed by atoms with Crippen molar-refractivity contribution in [2.45, 2.75) is 56.3 Å². The SMILES string of the molecule is C[Si](C)(C)CCO[C@@H]1OC(CO)[C@@H](N)[C@H](O)C1N. The van der Waals surface area contributed by atoms with E-state index in [1.54, 1.807) is 0 Å². The van der Waals surface area contributed by atoms with Gasteiger partial charge in [0.05, 0.1) is 24.8 Å². The van der Waals surface area contributed by atoms with Crippen molar-refractivity contribution in [1.29, 1.82) is 0 Å². The lowest BCUT2D eigenvalue weighted by molar-refractivity contribution is -0.236. The molecular formula is C11H26N2O4Si. The largest absolute Gasteiger partial charge is 0.394 e. The Bertz CT molecular complexity index is 260. The Hall–Kier alpha value is -0.0231. The quantitative estimate of drug-likeness (QED) is 0.484. The Balaban J connectivity index is 2.49. The van der Waals surface area contributed by atoms with E-state index < -0.39 is 38.7 Å². The van der Waals surface area contributed by atoms with Crippen molar-refractivity contribution in [1.82, 2.24) is 0 Å². The van der Waals surface area contributed by atoms with Crippen molar-refractivity contribution in [2.75, 3.05) is 13.2 Å². The average Bonchev–Trinajstić information content (AvgIpc) is 2.27. The van der Waals surface area contributed by atoms with E-state index in [0.29, 0.717) is 6.61 Å². The minimum Gasteiger partial charge on any atom is -0.394 e. The second kappa shape index (κ2) is 6.42. The zero-order chi connectivity index (χ0) is 13.9. The highest BCUT2D eigenvalue weighted by Crippen LogP contribution is 2.20. The number of ether oxygens (including phenoxy) is 2. The van der Waals surface area contributed by atoms with Crippen LogP contribution in [0.5, 0.6) is 0 Å². The molecule has 1 aliphatic rings. The van der Waals surface area contributed by atoms with Crippen molar-refractivity contribution in [3.05, 3.63) is 0 Å². The Morgan fingerprint density at radius 2 is 1.83 bits per heavy atom. The van der Waals surface area contributed by atoms with Gasteiger partial charge in [-0.05, 0) is 6.04 Å². The summed E-state index contributed by atoms with van der Waals surface area (Å²) in [4.78, 5) is 0. The van der Waals surface area contributed by atoms with Gasteiger partial charge in [0.1, 0.15) is 6.10 Å². The maximum Gasteiger partial charge on any atom is 0.175 e. The molecule has 0 aromatic carbocycles. The molecule has 5 atom stereocenters. The summed E-state index contributed by atoms with van der Waals surface area (Å²) in [6.07, 6.45) is -2.25. The minimum atomic E-state index is -1.18. The van der Waals surface area contributed by atoms with E-state index in [9.17, 15) is 5.11 Å². The van der Waals surface area contributed by atoms with E-state index in [1.165, 1.54) is 0 Å². The fourth-order valence-corrected chi connectivity index (χ4v) is 2.52. The van der Waals surface area contributed by atoms with E-state index in [0.717, 1.165) is 6.04 Å². The van der Waals surface area contributed by atoms with Gasteiger partial charge in [0.2, 0.25) is 0 Å². The Morgan fingerprint density at radius 1 is 1.22 bits per heavy atom. The van der Waals surface area contributed by atoms with E-state index in [-0.39, 0.29) is 6.61 Å². The first-order chi connectivity index (χ1) is 8.26. The van der Waals surface area contributed by atoms with Crippen LogP contribution in [0.3, 0.4) is 0 Å². The topological polar surface area (TPSA) is 111 Å². The number of nitrogens with two attached hydrogens (primary N) is 2. The van der Waals surface area contributed by atoms with Gasteiger partial charge in [-0.15, -0.1) is 0 Å². The first-order valence-corrected chi connectivity index (χ1v) is 10.0. The molecule has 1 saturated heterocycles. The van der Waals surface area contributed by atoms with Crippen LogP contribution in [0.15, 0.2) is 0 Å². The fraction of sp³-hybridized carbons (Fsp3) is 1.00. The zero-order valence-corrected chi connectivity index (χ0v) is 12.4. The predicted octanol–water partition coefficient (Wildman–Crippen LogP) is -0.926. The van der Waals surface area contributed by atoms with E-state index in [1.807, 2.05) is 0 Å². The number of aliphatic hydroxyl groups excluding tert-OH is 2. The molecule has 18 heavy (non-hydrogen) atoms. The molecule has 108 valence electrons. The Kier molecular flexibility index (Phi) is 5.72. The van der Waals surface area contributed by atoms with Gasteiger partial charge in [0, 0.05) is 14.7 Å². The summed E-state index contributed by atoms with van der Waals surface area (Å²) in [5.74, 6) is 0. The van der Waals surface area contributed by atoms with Crippen LogP contribution in [-0.4, -0.2) is 62.1 Å². The van der Waals surface area contributed by atoms with Gasteiger partial charge in [-0.25, -0.2) is 0 Å².